The predicted octanol–water partition coefficient (Wildman–Crippen LogP) is 3.63. The summed E-state index contributed by atoms with van der Waals surface area (Å²) in [6, 6.07) is 7.92. The van der Waals surface area contributed by atoms with Crippen LogP contribution in [0.2, 0.25) is 0 Å². The molecule has 2 rings (SSSR count). The maximum absolute atomic E-state index is 4.17. The highest BCUT2D eigenvalue weighted by molar-refractivity contribution is 14.1. The van der Waals surface area contributed by atoms with Crippen molar-refractivity contribution in [2.24, 2.45) is 0 Å². The molecule has 0 saturated carbocycles. The summed E-state index contributed by atoms with van der Waals surface area (Å²) in [7, 11) is 1.83. The summed E-state index contributed by atoms with van der Waals surface area (Å²) in [5.41, 5.74) is 1.01. The molecule has 0 bridgehead atoms. The molecule has 0 aliphatic carbocycles. The molecule has 0 amide bonds. The van der Waals surface area contributed by atoms with Crippen molar-refractivity contribution in [2.45, 2.75) is 0 Å². The molecule has 17 heavy (non-hydrogen) atoms. The van der Waals surface area contributed by atoms with E-state index in [1.165, 1.54) is 6.33 Å². The summed E-state index contributed by atoms with van der Waals surface area (Å²) in [6.07, 6.45) is 1.53. The SMILES string of the molecule is CNc1cc(Nc2cc(Br)ccc2I)ncn1. The van der Waals surface area contributed by atoms with E-state index in [1.807, 2.05) is 31.3 Å². The molecule has 1 aromatic heterocycles. The molecule has 0 atom stereocenters. The second-order valence-electron chi connectivity index (χ2n) is 3.29. The summed E-state index contributed by atoms with van der Waals surface area (Å²) in [5.74, 6) is 1.55. The fourth-order valence-corrected chi connectivity index (χ4v) is 2.13. The van der Waals surface area contributed by atoms with Gasteiger partial charge < -0.3 is 10.6 Å². The van der Waals surface area contributed by atoms with Gasteiger partial charge in [0.2, 0.25) is 0 Å². The van der Waals surface area contributed by atoms with E-state index in [1.54, 1.807) is 0 Å². The molecule has 0 spiro atoms. The molecule has 1 aromatic carbocycles. The number of rotatable bonds is 3. The van der Waals surface area contributed by atoms with Gasteiger partial charge in [-0.25, -0.2) is 9.97 Å². The molecule has 0 aliphatic heterocycles. The normalized spacial score (nSPS) is 10.1. The summed E-state index contributed by atoms with van der Waals surface area (Å²) in [5, 5.41) is 6.24. The third-order valence-electron chi connectivity index (χ3n) is 2.11. The summed E-state index contributed by atoms with van der Waals surface area (Å²) < 4.78 is 2.17. The first-order valence-electron chi connectivity index (χ1n) is 4.91. The van der Waals surface area contributed by atoms with Crippen molar-refractivity contribution < 1.29 is 0 Å². The van der Waals surface area contributed by atoms with Crippen molar-refractivity contribution in [2.75, 3.05) is 17.7 Å². The van der Waals surface area contributed by atoms with E-state index in [4.69, 9.17) is 0 Å². The van der Waals surface area contributed by atoms with Crippen LogP contribution in [-0.4, -0.2) is 17.0 Å². The zero-order valence-electron chi connectivity index (χ0n) is 9.04. The first-order chi connectivity index (χ1) is 8.19. The third-order valence-corrected chi connectivity index (χ3v) is 3.55. The van der Waals surface area contributed by atoms with Gasteiger partial charge >= 0.3 is 0 Å². The zero-order valence-corrected chi connectivity index (χ0v) is 12.8. The molecule has 0 aliphatic rings. The van der Waals surface area contributed by atoms with Crippen molar-refractivity contribution in [3.8, 4) is 0 Å². The van der Waals surface area contributed by atoms with Crippen LogP contribution < -0.4 is 10.6 Å². The quantitative estimate of drug-likeness (QED) is 0.767. The van der Waals surface area contributed by atoms with Crippen molar-refractivity contribution >= 4 is 55.8 Å². The Bertz CT molecular complexity index is 533. The lowest BCUT2D eigenvalue weighted by atomic mass is 10.3. The van der Waals surface area contributed by atoms with Gasteiger partial charge in [-0.1, -0.05) is 15.9 Å². The van der Waals surface area contributed by atoms with Crippen molar-refractivity contribution in [3.63, 3.8) is 0 Å². The number of nitrogens with zero attached hydrogens (tertiary/aromatic N) is 2. The molecule has 1 heterocycles. The summed E-state index contributed by atoms with van der Waals surface area (Å²) in [4.78, 5) is 8.24. The van der Waals surface area contributed by atoms with E-state index in [0.717, 1.165) is 25.4 Å². The van der Waals surface area contributed by atoms with Gasteiger partial charge in [0, 0.05) is 21.2 Å². The molecule has 2 aromatic rings. The van der Waals surface area contributed by atoms with E-state index >= 15 is 0 Å². The monoisotopic (exact) mass is 404 g/mol. The van der Waals surface area contributed by atoms with Gasteiger partial charge in [0.05, 0.1) is 5.69 Å². The lowest BCUT2D eigenvalue weighted by molar-refractivity contribution is 1.16. The van der Waals surface area contributed by atoms with Crippen molar-refractivity contribution in [1.82, 2.24) is 9.97 Å². The Kier molecular flexibility index (Phi) is 4.16. The number of hydrogen-bond acceptors (Lipinski definition) is 4. The lowest BCUT2D eigenvalue weighted by Gasteiger charge is -2.09. The Balaban J connectivity index is 2.27. The minimum absolute atomic E-state index is 0.764. The molecule has 2 N–H and O–H groups in total. The molecule has 4 nitrogen and oxygen atoms in total. The fraction of sp³-hybridized carbons (Fsp3) is 0.0909. The number of halogens is 2. The maximum Gasteiger partial charge on any atom is 0.135 e. The van der Waals surface area contributed by atoms with Crippen LogP contribution in [0.5, 0.6) is 0 Å². The summed E-state index contributed by atoms with van der Waals surface area (Å²) >= 11 is 5.73. The number of hydrogen-bond donors (Lipinski definition) is 2. The Labute approximate surface area is 122 Å². The third kappa shape index (κ3) is 3.29. The second kappa shape index (κ2) is 5.63. The van der Waals surface area contributed by atoms with Crippen LogP contribution in [0.1, 0.15) is 0 Å². The number of benzene rings is 1. The smallest absolute Gasteiger partial charge is 0.135 e. The van der Waals surface area contributed by atoms with E-state index < -0.39 is 0 Å². The van der Waals surface area contributed by atoms with Gasteiger partial charge in [0.1, 0.15) is 18.0 Å². The van der Waals surface area contributed by atoms with Gasteiger partial charge in [-0.2, -0.15) is 0 Å². The molecular formula is C11H10BrIN4. The van der Waals surface area contributed by atoms with E-state index in [0.29, 0.717) is 0 Å². The minimum Gasteiger partial charge on any atom is -0.373 e. The molecule has 0 fully saturated rings. The van der Waals surface area contributed by atoms with Gasteiger partial charge in [-0.15, -0.1) is 0 Å². The fourth-order valence-electron chi connectivity index (χ4n) is 1.29. The highest BCUT2D eigenvalue weighted by Crippen LogP contribution is 2.25. The van der Waals surface area contributed by atoms with Gasteiger partial charge in [-0.05, 0) is 40.8 Å². The van der Waals surface area contributed by atoms with Crippen LogP contribution in [0, 0.1) is 3.57 Å². The van der Waals surface area contributed by atoms with E-state index in [-0.39, 0.29) is 0 Å². The average Bonchev–Trinajstić information content (AvgIpc) is 2.34. The molecule has 0 radical (unpaired) electrons. The molecule has 0 saturated heterocycles. The Hall–Kier alpha value is -0.890. The minimum atomic E-state index is 0.764. The van der Waals surface area contributed by atoms with Crippen molar-refractivity contribution in [1.29, 1.82) is 0 Å². The first-order valence-corrected chi connectivity index (χ1v) is 6.78. The van der Waals surface area contributed by atoms with Gasteiger partial charge in [-0.3, -0.25) is 0 Å². The molecule has 0 unspecified atom stereocenters. The number of anilines is 3. The molecular weight excluding hydrogens is 395 g/mol. The standard InChI is InChI=1S/C11H10BrIN4/c1-14-10-5-11(16-6-15-10)17-9-4-7(12)2-3-8(9)13/h2-6H,1H3,(H2,14,15,16,17). The Morgan fingerprint density at radius 1 is 1.18 bits per heavy atom. The van der Waals surface area contributed by atoms with Crippen LogP contribution in [0.25, 0.3) is 0 Å². The van der Waals surface area contributed by atoms with Crippen LogP contribution in [0.15, 0.2) is 35.1 Å². The van der Waals surface area contributed by atoms with Crippen LogP contribution in [-0.2, 0) is 0 Å². The topological polar surface area (TPSA) is 49.8 Å². The summed E-state index contributed by atoms with van der Waals surface area (Å²) in [6.45, 7) is 0. The maximum atomic E-state index is 4.17. The van der Waals surface area contributed by atoms with Crippen LogP contribution >= 0.6 is 38.5 Å². The largest absolute Gasteiger partial charge is 0.373 e. The van der Waals surface area contributed by atoms with Crippen molar-refractivity contribution in [3.05, 3.63) is 38.6 Å². The van der Waals surface area contributed by atoms with Crippen LogP contribution in [0.3, 0.4) is 0 Å². The molecule has 88 valence electrons. The highest BCUT2D eigenvalue weighted by Gasteiger charge is 2.03. The van der Waals surface area contributed by atoms with E-state index in [2.05, 4.69) is 59.1 Å². The predicted molar refractivity (Wildman–Crippen MR) is 81.7 cm³/mol. The Morgan fingerprint density at radius 2 is 1.94 bits per heavy atom. The first kappa shape index (κ1) is 12.6. The van der Waals surface area contributed by atoms with Gasteiger partial charge in [0.15, 0.2) is 0 Å². The number of aromatic nitrogens is 2. The van der Waals surface area contributed by atoms with Crippen LogP contribution in [0.4, 0.5) is 17.3 Å². The zero-order chi connectivity index (χ0) is 12.3. The Morgan fingerprint density at radius 3 is 2.71 bits per heavy atom. The average molecular weight is 405 g/mol. The second-order valence-corrected chi connectivity index (χ2v) is 5.37. The molecule has 6 heteroatoms. The lowest BCUT2D eigenvalue weighted by Crippen LogP contribution is -1.99. The van der Waals surface area contributed by atoms with E-state index in [9.17, 15) is 0 Å². The highest BCUT2D eigenvalue weighted by atomic mass is 127. The van der Waals surface area contributed by atoms with Gasteiger partial charge in [0.25, 0.3) is 0 Å². The number of nitrogens with one attached hydrogen (secondary N) is 2.